The largest absolute Gasteiger partial charge is 0.457 e. The van der Waals surface area contributed by atoms with E-state index in [2.05, 4.69) is 15.9 Å². The van der Waals surface area contributed by atoms with Crippen LogP contribution in [0.3, 0.4) is 0 Å². The predicted octanol–water partition coefficient (Wildman–Crippen LogP) is 3.47. The van der Waals surface area contributed by atoms with Crippen molar-refractivity contribution in [1.82, 2.24) is 0 Å². The quantitative estimate of drug-likeness (QED) is 0.458. The first-order chi connectivity index (χ1) is 11.3. The standard InChI is InChI=1S/C15H10BrClN2O5/c16-10-3-4-12(17)11(6-10)15(21)24-7-9-2-1-8(14(18)20)5-13(9)19(22)23/h1-6H,7H2,(H2,18,20). The number of hydrogen-bond donors (Lipinski definition) is 1. The summed E-state index contributed by atoms with van der Waals surface area (Å²) in [5.74, 6) is -1.52. The molecule has 0 aliphatic carbocycles. The fraction of sp³-hybridized carbons (Fsp3) is 0.0667. The van der Waals surface area contributed by atoms with Gasteiger partial charge in [-0.1, -0.05) is 27.5 Å². The second kappa shape index (κ2) is 7.41. The minimum absolute atomic E-state index is 0.00758. The number of rotatable bonds is 5. The molecule has 0 unspecified atom stereocenters. The van der Waals surface area contributed by atoms with E-state index < -0.39 is 16.8 Å². The maximum atomic E-state index is 12.1. The third-order valence-corrected chi connectivity index (χ3v) is 3.90. The summed E-state index contributed by atoms with van der Waals surface area (Å²) < 4.78 is 5.71. The fourth-order valence-electron chi connectivity index (χ4n) is 1.88. The molecule has 24 heavy (non-hydrogen) atoms. The van der Waals surface area contributed by atoms with E-state index in [1.165, 1.54) is 24.3 Å². The highest BCUT2D eigenvalue weighted by Crippen LogP contribution is 2.24. The SMILES string of the molecule is NC(=O)c1ccc(COC(=O)c2cc(Br)ccc2Cl)c([N+](=O)[O-])c1. The third-order valence-electron chi connectivity index (χ3n) is 3.07. The molecule has 9 heteroatoms. The molecule has 2 aromatic rings. The van der Waals surface area contributed by atoms with Gasteiger partial charge in [-0.2, -0.15) is 0 Å². The van der Waals surface area contributed by atoms with Crippen molar-refractivity contribution in [2.45, 2.75) is 6.61 Å². The zero-order valence-corrected chi connectivity index (χ0v) is 14.3. The lowest BCUT2D eigenvalue weighted by atomic mass is 10.1. The monoisotopic (exact) mass is 412 g/mol. The Kier molecular flexibility index (Phi) is 5.53. The minimum atomic E-state index is -0.789. The van der Waals surface area contributed by atoms with Gasteiger partial charge in [0.15, 0.2) is 0 Å². The number of benzene rings is 2. The van der Waals surface area contributed by atoms with E-state index >= 15 is 0 Å². The second-order valence-corrected chi connectivity index (χ2v) is 5.99. The van der Waals surface area contributed by atoms with Gasteiger partial charge < -0.3 is 10.5 Å². The molecule has 0 saturated carbocycles. The van der Waals surface area contributed by atoms with E-state index in [1.54, 1.807) is 6.07 Å². The summed E-state index contributed by atoms with van der Waals surface area (Å²) in [7, 11) is 0. The molecule has 2 N–H and O–H groups in total. The summed E-state index contributed by atoms with van der Waals surface area (Å²) in [5, 5.41) is 11.3. The van der Waals surface area contributed by atoms with Crippen molar-refractivity contribution in [2.24, 2.45) is 5.73 Å². The number of nitro groups is 1. The lowest BCUT2D eigenvalue weighted by molar-refractivity contribution is -0.385. The van der Waals surface area contributed by atoms with E-state index in [4.69, 9.17) is 22.1 Å². The van der Waals surface area contributed by atoms with Gasteiger partial charge in [0.05, 0.1) is 21.1 Å². The Morgan fingerprint density at radius 3 is 2.58 bits per heavy atom. The van der Waals surface area contributed by atoms with E-state index in [0.29, 0.717) is 4.47 Å². The lowest BCUT2D eigenvalue weighted by Crippen LogP contribution is -2.12. The number of esters is 1. The van der Waals surface area contributed by atoms with Gasteiger partial charge in [0.1, 0.15) is 6.61 Å². The van der Waals surface area contributed by atoms with Gasteiger partial charge >= 0.3 is 5.97 Å². The topological polar surface area (TPSA) is 113 Å². The maximum absolute atomic E-state index is 12.1. The highest BCUT2D eigenvalue weighted by molar-refractivity contribution is 9.10. The first kappa shape index (κ1) is 17.9. The van der Waals surface area contributed by atoms with E-state index in [0.717, 1.165) is 6.07 Å². The molecule has 0 aliphatic heterocycles. The van der Waals surface area contributed by atoms with Crippen LogP contribution >= 0.6 is 27.5 Å². The van der Waals surface area contributed by atoms with Gasteiger partial charge in [-0.15, -0.1) is 0 Å². The van der Waals surface area contributed by atoms with Crippen molar-refractivity contribution in [1.29, 1.82) is 0 Å². The Balaban J connectivity index is 2.22. The summed E-state index contributed by atoms with van der Waals surface area (Å²) in [6.07, 6.45) is 0. The molecule has 2 rings (SSSR count). The van der Waals surface area contributed by atoms with Gasteiger partial charge in [-0.05, 0) is 30.3 Å². The maximum Gasteiger partial charge on any atom is 0.340 e. The second-order valence-electron chi connectivity index (χ2n) is 4.67. The molecule has 0 bridgehead atoms. The Morgan fingerprint density at radius 1 is 1.25 bits per heavy atom. The van der Waals surface area contributed by atoms with Gasteiger partial charge in [0, 0.05) is 16.1 Å². The highest BCUT2D eigenvalue weighted by Gasteiger charge is 2.19. The predicted molar refractivity (Wildman–Crippen MR) is 89.9 cm³/mol. The van der Waals surface area contributed by atoms with Gasteiger partial charge in [-0.25, -0.2) is 4.79 Å². The number of amides is 1. The van der Waals surface area contributed by atoms with Crippen LogP contribution in [0.5, 0.6) is 0 Å². The molecule has 0 atom stereocenters. The molecular weight excluding hydrogens is 404 g/mol. The van der Waals surface area contributed by atoms with E-state index in [-0.39, 0.29) is 34.0 Å². The zero-order chi connectivity index (χ0) is 17.9. The minimum Gasteiger partial charge on any atom is -0.457 e. The molecule has 0 radical (unpaired) electrons. The van der Waals surface area contributed by atoms with Crippen LogP contribution in [0.2, 0.25) is 5.02 Å². The summed E-state index contributed by atoms with van der Waals surface area (Å²) in [6, 6.07) is 8.34. The molecule has 0 spiro atoms. The fourth-order valence-corrected chi connectivity index (χ4v) is 2.44. The normalized spacial score (nSPS) is 10.2. The van der Waals surface area contributed by atoms with Crippen LogP contribution in [0.15, 0.2) is 40.9 Å². The molecular formula is C15H10BrClN2O5. The first-order valence-corrected chi connectivity index (χ1v) is 7.66. The molecule has 0 fully saturated rings. The molecule has 0 aliphatic rings. The van der Waals surface area contributed by atoms with Gasteiger partial charge in [0.25, 0.3) is 5.69 Å². The number of carbonyl (C=O) groups excluding carboxylic acids is 2. The molecule has 124 valence electrons. The zero-order valence-electron chi connectivity index (χ0n) is 12.0. The summed E-state index contributed by atoms with van der Waals surface area (Å²) in [4.78, 5) is 33.6. The average Bonchev–Trinajstić information content (AvgIpc) is 2.54. The van der Waals surface area contributed by atoms with Crippen LogP contribution in [-0.2, 0) is 11.3 Å². The van der Waals surface area contributed by atoms with Crippen LogP contribution in [0.25, 0.3) is 0 Å². The van der Waals surface area contributed by atoms with Crippen molar-refractivity contribution in [3.63, 3.8) is 0 Å². The Bertz CT molecular complexity index is 841. The summed E-state index contributed by atoms with van der Waals surface area (Å²) in [6.45, 7) is -0.350. The molecule has 0 saturated heterocycles. The molecule has 1 amide bonds. The summed E-state index contributed by atoms with van der Waals surface area (Å²) >= 11 is 9.14. The Morgan fingerprint density at radius 2 is 1.96 bits per heavy atom. The molecule has 0 heterocycles. The first-order valence-electron chi connectivity index (χ1n) is 6.49. The van der Waals surface area contributed by atoms with Crippen LogP contribution < -0.4 is 5.73 Å². The van der Waals surface area contributed by atoms with Crippen molar-refractivity contribution >= 4 is 45.1 Å². The number of primary amides is 1. The van der Waals surface area contributed by atoms with Crippen molar-refractivity contribution in [2.75, 3.05) is 0 Å². The molecule has 7 nitrogen and oxygen atoms in total. The number of nitrogens with two attached hydrogens (primary N) is 1. The third kappa shape index (κ3) is 4.09. The number of nitrogens with zero attached hydrogens (tertiary/aromatic N) is 1. The number of ether oxygens (including phenoxy) is 1. The number of hydrogen-bond acceptors (Lipinski definition) is 5. The Hall–Kier alpha value is -2.45. The van der Waals surface area contributed by atoms with Crippen LogP contribution in [0.4, 0.5) is 5.69 Å². The van der Waals surface area contributed by atoms with E-state index in [9.17, 15) is 19.7 Å². The van der Waals surface area contributed by atoms with Crippen molar-refractivity contribution in [3.05, 3.63) is 72.7 Å². The number of halogens is 2. The highest BCUT2D eigenvalue weighted by atomic mass is 79.9. The van der Waals surface area contributed by atoms with Crippen molar-refractivity contribution in [3.8, 4) is 0 Å². The molecule has 2 aromatic carbocycles. The number of carbonyl (C=O) groups is 2. The smallest absolute Gasteiger partial charge is 0.340 e. The summed E-state index contributed by atoms with van der Waals surface area (Å²) in [5.41, 5.74) is 4.98. The van der Waals surface area contributed by atoms with Crippen molar-refractivity contribution < 1.29 is 19.2 Å². The van der Waals surface area contributed by atoms with Crippen LogP contribution in [0.1, 0.15) is 26.3 Å². The van der Waals surface area contributed by atoms with E-state index in [1.807, 2.05) is 0 Å². The van der Waals surface area contributed by atoms with Crippen LogP contribution in [-0.4, -0.2) is 16.8 Å². The van der Waals surface area contributed by atoms with Gasteiger partial charge in [0.2, 0.25) is 5.91 Å². The average molecular weight is 414 g/mol. The van der Waals surface area contributed by atoms with Gasteiger partial charge in [-0.3, -0.25) is 14.9 Å². The van der Waals surface area contributed by atoms with Crippen LogP contribution in [0, 0.1) is 10.1 Å². The molecule has 0 aromatic heterocycles. The Labute approximate surface area is 149 Å². The lowest BCUT2D eigenvalue weighted by Gasteiger charge is -2.08. The number of nitro benzene ring substituents is 1.